The van der Waals surface area contributed by atoms with E-state index in [4.69, 9.17) is 4.52 Å². The van der Waals surface area contributed by atoms with Gasteiger partial charge in [-0.15, -0.1) is 11.3 Å². The number of rotatable bonds is 6. The summed E-state index contributed by atoms with van der Waals surface area (Å²) in [7, 11) is 0. The van der Waals surface area contributed by atoms with Crippen molar-refractivity contribution in [2.75, 3.05) is 5.32 Å². The van der Waals surface area contributed by atoms with E-state index in [0.29, 0.717) is 29.4 Å². The number of carbonyl (C=O) groups is 1. The van der Waals surface area contributed by atoms with E-state index in [2.05, 4.69) is 20.6 Å². The first kappa shape index (κ1) is 19.0. The fourth-order valence-electron chi connectivity index (χ4n) is 3.20. The summed E-state index contributed by atoms with van der Waals surface area (Å²) in [5.41, 5.74) is 2.95. The smallest absolute Gasteiger partial charge is 0.255 e. The van der Waals surface area contributed by atoms with Crippen molar-refractivity contribution in [3.63, 3.8) is 0 Å². The van der Waals surface area contributed by atoms with Crippen LogP contribution in [0.15, 0.2) is 89.0 Å². The third-order valence-corrected chi connectivity index (χ3v) is 5.56. The zero-order chi connectivity index (χ0) is 21.0. The van der Waals surface area contributed by atoms with Crippen LogP contribution in [0.5, 0.6) is 0 Å². The molecule has 0 fully saturated rings. The van der Waals surface area contributed by atoms with Crippen LogP contribution >= 0.6 is 11.3 Å². The first-order valence-electron chi connectivity index (χ1n) is 9.62. The van der Waals surface area contributed by atoms with Gasteiger partial charge >= 0.3 is 0 Å². The lowest BCUT2D eigenvalue weighted by molar-refractivity contribution is 0.102. The number of aromatic nitrogens is 4. The van der Waals surface area contributed by atoms with E-state index in [-0.39, 0.29) is 5.91 Å². The third-order valence-electron chi connectivity index (χ3n) is 4.69. The SMILES string of the molecule is O=C(Nc1ccccc1Cc1nc(-c2cccs2)no1)c1cccc(-n2cccn2)c1. The van der Waals surface area contributed by atoms with Crippen molar-refractivity contribution in [2.45, 2.75) is 6.42 Å². The lowest BCUT2D eigenvalue weighted by Gasteiger charge is -2.11. The Hall–Kier alpha value is -4.04. The number of hydrogen-bond acceptors (Lipinski definition) is 6. The van der Waals surface area contributed by atoms with Gasteiger partial charge in [0.15, 0.2) is 0 Å². The maximum atomic E-state index is 12.9. The first-order valence-corrected chi connectivity index (χ1v) is 10.5. The molecule has 0 saturated carbocycles. The highest BCUT2D eigenvalue weighted by molar-refractivity contribution is 7.13. The van der Waals surface area contributed by atoms with Crippen molar-refractivity contribution >= 4 is 22.9 Å². The van der Waals surface area contributed by atoms with Gasteiger partial charge in [0, 0.05) is 23.6 Å². The van der Waals surface area contributed by atoms with E-state index in [9.17, 15) is 4.79 Å². The predicted molar refractivity (Wildman–Crippen MR) is 118 cm³/mol. The van der Waals surface area contributed by atoms with Crippen molar-refractivity contribution < 1.29 is 9.32 Å². The molecule has 8 heteroatoms. The molecule has 0 bridgehead atoms. The molecule has 0 aliphatic rings. The number of thiophene rings is 1. The van der Waals surface area contributed by atoms with Crippen LogP contribution in [0.25, 0.3) is 16.4 Å². The average Bonchev–Trinajstić information content (AvgIpc) is 3.57. The Morgan fingerprint density at radius 2 is 2.00 bits per heavy atom. The van der Waals surface area contributed by atoms with E-state index in [1.807, 2.05) is 66.2 Å². The lowest BCUT2D eigenvalue weighted by atomic mass is 10.1. The van der Waals surface area contributed by atoms with Crippen LogP contribution in [-0.2, 0) is 6.42 Å². The van der Waals surface area contributed by atoms with E-state index >= 15 is 0 Å². The summed E-state index contributed by atoms with van der Waals surface area (Å²) in [4.78, 5) is 18.3. The topological polar surface area (TPSA) is 85.8 Å². The van der Waals surface area contributed by atoms with Gasteiger partial charge in [-0.1, -0.05) is 35.5 Å². The van der Waals surface area contributed by atoms with Gasteiger partial charge in [0.1, 0.15) is 0 Å². The third kappa shape index (κ3) is 4.15. The van der Waals surface area contributed by atoms with Gasteiger partial charge in [-0.3, -0.25) is 4.79 Å². The highest BCUT2D eigenvalue weighted by Gasteiger charge is 2.14. The summed E-state index contributed by atoms with van der Waals surface area (Å²) in [5.74, 6) is 0.860. The zero-order valence-corrected chi connectivity index (χ0v) is 17.1. The van der Waals surface area contributed by atoms with Crippen molar-refractivity contribution in [2.24, 2.45) is 0 Å². The Morgan fingerprint density at radius 1 is 1.06 bits per heavy atom. The van der Waals surface area contributed by atoms with Crippen LogP contribution in [0.2, 0.25) is 0 Å². The molecule has 0 radical (unpaired) electrons. The van der Waals surface area contributed by atoms with E-state index in [0.717, 1.165) is 16.1 Å². The molecule has 7 nitrogen and oxygen atoms in total. The molecule has 0 atom stereocenters. The van der Waals surface area contributed by atoms with Crippen molar-refractivity contribution in [1.29, 1.82) is 0 Å². The molecule has 0 unspecified atom stereocenters. The summed E-state index contributed by atoms with van der Waals surface area (Å²) in [5, 5.41) is 13.2. The fourth-order valence-corrected chi connectivity index (χ4v) is 3.85. The molecule has 0 aliphatic carbocycles. The quantitative estimate of drug-likeness (QED) is 0.420. The largest absolute Gasteiger partial charge is 0.339 e. The predicted octanol–water partition coefficient (Wildman–Crippen LogP) is 4.83. The van der Waals surface area contributed by atoms with E-state index < -0.39 is 0 Å². The van der Waals surface area contributed by atoms with Crippen molar-refractivity contribution in [3.8, 4) is 16.4 Å². The number of para-hydroxylation sites is 1. The van der Waals surface area contributed by atoms with Crippen LogP contribution in [0, 0.1) is 0 Å². The zero-order valence-electron chi connectivity index (χ0n) is 16.3. The van der Waals surface area contributed by atoms with Gasteiger partial charge in [0.2, 0.25) is 11.7 Å². The molecule has 1 amide bonds. The summed E-state index contributed by atoms with van der Waals surface area (Å²) < 4.78 is 7.13. The summed E-state index contributed by atoms with van der Waals surface area (Å²) in [6, 6.07) is 20.6. The lowest BCUT2D eigenvalue weighted by Crippen LogP contribution is -2.14. The number of amides is 1. The number of benzene rings is 2. The fraction of sp³-hybridized carbons (Fsp3) is 0.0435. The molecule has 31 heavy (non-hydrogen) atoms. The molecule has 2 aromatic carbocycles. The first-order chi connectivity index (χ1) is 15.3. The van der Waals surface area contributed by atoms with Gasteiger partial charge in [0.25, 0.3) is 5.91 Å². The van der Waals surface area contributed by atoms with Crippen LogP contribution in [-0.4, -0.2) is 25.8 Å². The number of nitrogens with zero attached hydrogens (tertiary/aromatic N) is 4. The van der Waals surface area contributed by atoms with Crippen molar-refractivity contribution in [1.82, 2.24) is 19.9 Å². The highest BCUT2D eigenvalue weighted by Crippen LogP contribution is 2.24. The number of anilines is 1. The number of nitrogens with one attached hydrogen (secondary N) is 1. The molecule has 3 aromatic heterocycles. The second kappa shape index (κ2) is 8.37. The Morgan fingerprint density at radius 3 is 2.84 bits per heavy atom. The molecule has 3 heterocycles. The molecule has 5 rings (SSSR count). The van der Waals surface area contributed by atoms with Crippen LogP contribution in [0.4, 0.5) is 5.69 Å². The van der Waals surface area contributed by atoms with Gasteiger partial charge in [-0.2, -0.15) is 10.1 Å². The standard InChI is InChI=1S/C23H17N5O2S/c29-23(17-7-3-8-18(14-17)28-12-5-11-24-28)25-19-9-2-1-6-16(19)15-21-26-22(27-30-21)20-10-4-13-31-20/h1-14H,15H2,(H,25,29). The van der Waals surface area contributed by atoms with Crippen LogP contribution in [0.1, 0.15) is 21.8 Å². The maximum absolute atomic E-state index is 12.9. The van der Waals surface area contributed by atoms with Gasteiger partial charge in [0.05, 0.1) is 17.0 Å². The molecule has 0 spiro atoms. The maximum Gasteiger partial charge on any atom is 0.255 e. The Bertz CT molecular complexity index is 1310. The van der Waals surface area contributed by atoms with E-state index in [1.165, 1.54) is 0 Å². The molecule has 5 aromatic rings. The van der Waals surface area contributed by atoms with Crippen molar-refractivity contribution in [3.05, 3.63) is 102 Å². The normalized spacial score (nSPS) is 10.8. The minimum Gasteiger partial charge on any atom is -0.339 e. The van der Waals surface area contributed by atoms with Crippen LogP contribution in [0.3, 0.4) is 0 Å². The summed E-state index contributed by atoms with van der Waals surface area (Å²) in [6.07, 6.45) is 3.95. The molecule has 0 saturated heterocycles. The second-order valence-electron chi connectivity index (χ2n) is 6.78. The summed E-state index contributed by atoms with van der Waals surface area (Å²) >= 11 is 1.56. The average molecular weight is 427 g/mol. The monoisotopic (exact) mass is 427 g/mol. The minimum atomic E-state index is -0.203. The highest BCUT2D eigenvalue weighted by atomic mass is 32.1. The van der Waals surface area contributed by atoms with Gasteiger partial charge in [-0.25, -0.2) is 4.68 Å². The van der Waals surface area contributed by atoms with Gasteiger partial charge in [-0.05, 0) is 47.3 Å². The molecule has 0 aliphatic heterocycles. The molecule has 152 valence electrons. The number of hydrogen-bond donors (Lipinski definition) is 1. The summed E-state index contributed by atoms with van der Waals surface area (Å²) in [6.45, 7) is 0. The second-order valence-corrected chi connectivity index (χ2v) is 7.73. The Labute approximate surface area is 182 Å². The number of carbonyl (C=O) groups excluding carboxylic acids is 1. The Kier molecular flexibility index (Phi) is 5.12. The van der Waals surface area contributed by atoms with Crippen LogP contribution < -0.4 is 5.32 Å². The molecular formula is C23H17N5O2S. The minimum absolute atomic E-state index is 0.203. The van der Waals surface area contributed by atoms with Gasteiger partial charge < -0.3 is 9.84 Å². The molecule has 1 N–H and O–H groups in total. The Balaban J connectivity index is 1.35. The molecular weight excluding hydrogens is 410 g/mol. The van der Waals surface area contributed by atoms with E-state index in [1.54, 1.807) is 34.3 Å².